The second-order valence-corrected chi connectivity index (χ2v) is 7.40. The molecule has 3 unspecified atom stereocenters. The Bertz CT molecular complexity index is 286. The molecule has 124 valence electrons. The lowest BCUT2D eigenvalue weighted by Crippen LogP contribution is -2.56. The summed E-state index contributed by atoms with van der Waals surface area (Å²) < 4.78 is 0. The molecule has 1 aliphatic heterocycles. The Morgan fingerprint density at radius 1 is 1.10 bits per heavy atom. The Kier molecular flexibility index (Phi) is 6.97. The van der Waals surface area contributed by atoms with Crippen LogP contribution < -0.4 is 5.32 Å². The number of nitrogens with one attached hydrogen (secondary N) is 1. The van der Waals surface area contributed by atoms with Crippen LogP contribution in [0.3, 0.4) is 0 Å². The van der Waals surface area contributed by atoms with E-state index >= 15 is 0 Å². The molecule has 0 bridgehead atoms. The van der Waals surface area contributed by atoms with Crippen molar-refractivity contribution in [1.82, 2.24) is 15.1 Å². The first kappa shape index (κ1) is 17.2. The topological polar surface area (TPSA) is 18.5 Å². The van der Waals surface area contributed by atoms with Crippen molar-refractivity contribution in [2.24, 2.45) is 5.92 Å². The van der Waals surface area contributed by atoms with Crippen LogP contribution in [0.5, 0.6) is 0 Å². The molecule has 2 fully saturated rings. The smallest absolute Gasteiger partial charge is 0.0251 e. The van der Waals surface area contributed by atoms with Crippen LogP contribution in [0.25, 0.3) is 0 Å². The van der Waals surface area contributed by atoms with Crippen LogP contribution in [0.4, 0.5) is 0 Å². The van der Waals surface area contributed by atoms with Crippen molar-refractivity contribution in [3.8, 4) is 0 Å². The maximum Gasteiger partial charge on any atom is 0.0251 e. The van der Waals surface area contributed by atoms with Gasteiger partial charge in [0.25, 0.3) is 0 Å². The highest BCUT2D eigenvalue weighted by Gasteiger charge is 2.35. The second kappa shape index (κ2) is 8.50. The van der Waals surface area contributed by atoms with Gasteiger partial charge in [0.2, 0.25) is 0 Å². The normalized spacial score (nSPS) is 32.7. The van der Waals surface area contributed by atoms with Crippen LogP contribution >= 0.6 is 0 Å². The van der Waals surface area contributed by atoms with E-state index in [1.54, 1.807) is 0 Å². The Hall–Kier alpha value is -0.120. The van der Waals surface area contributed by atoms with Gasteiger partial charge in [-0.25, -0.2) is 0 Å². The van der Waals surface area contributed by atoms with E-state index in [-0.39, 0.29) is 0 Å². The Labute approximate surface area is 132 Å². The van der Waals surface area contributed by atoms with Gasteiger partial charge >= 0.3 is 0 Å². The predicted molar refractivity (Wildman–Crippen MR) is 91.8 cm³/mol. The first-order valence-corrected chi connectivity index (χ1v) is 9.29. The molecule has 3 nitrogen and oxygen atoms in total. The number of piperidine rings is 1. The zero-order valence-electron chi connectivity index (χ0n) is 14.8. The number of rotatable bonds is 6. The van der Waals surface area contributed by atoms with E-state index in [9.17, 15) is 0 Å². The molecule has 0 aromatic rings. The number of hydrogen-bond donors (Lipinski definition) is 1. The lowest BCUT2D eigenvalue weighted by atomic mass is 9.79. The SMILES string of the molecule is CCCC1CCC(NCC)C(N(C)C2CCN(C)CC2)C1. The fraction of sp³-hybridized carbons (Fsp3) is 1.00. The van der Waals surface area contributed by atoms with Crippen LogP contribution in [0, 0.1) is 5.92 Å². The minimum atomic E-state index is 0.716. The third-order valence-corrected chi connectivity index (χ3v) is 5.88. The Morgan fingerprint density at radius 3 is 2.43 bits per heavy atom. The van der Waals surface area contributed by atoms with Gasteiger partial charge < -0.3 is 10.2 Å². The molecule has 21 heavy (non-hydrogen) atoms. The first-order valence-electron chi connectivity index (χ1n) is 9.29. The van der Waals surface area contributed by atoms with E-state index in [4.69, 9.17) is 0 Å². The highest BCUT2D eigenvalue weighted by Crippen LogP contribution is 2.32. The van der Waals surface area contributed by atoms with E-state index in [1.807, 2.05) is 0 Å². The predicted octanol–water partition coefficient (Wildman–Crippen LogP) is 2.96. The lowest BCUT2D eigenvalue weighted by Gasteiger charge is -2.46. The summed E-state index contributed by atoms with van der Waals surface area (Å²) in [5.74, 6) is 0.962. The van der Waals surface area contributed by atoms with Gasteiger partial charge in [0, 0.05) is 18.1 Å². The molecule has 1 aliphatic carbocycles. The molecule has 2 rings (SSSR count). The first-order chi connectivity index (χ1) is 10.2. The van der Waals surface area contributed by atoms with Crippen LogP contribution in [-0.2, 0) is 0 Å². The number of nitrogens with zero attached hydrogens (tertiary/aromatic N) is 2. The summed E-state index contributed by atoms with van der Waals surface area (Å²) in [6.07, 6.45) is 9.69. The third-order valence-electron chi connectivity index (χ3n) is 5.88. The summed E-state index contributed by atoms with van der Waals surface area (Å²) in [7, 11) is 4.66. The standard InChI is InChI=1S/C18H37N3/c1-5-7-15-8-9-17(19-6-2)18(14-15)21(4)16-10-12-20(3)13-11-16/h15-19H,5-14H2,1-4H3. The van der Waals surface area contributed by atoms with Crippen molar-refractivity contribution in [1.29, 1.82) is 0 Å². The molecule has 1 N–H and O–H groups in total. The van der Waals surface area contributed by atoms with Gasteiger partial charge in [-0.1, -0.05) is 26.7 Å². The van der Waals surface area contributed by atoms with Gasteiger partial charge in [0.1, 0.15) is 0 Å². The van der Waals surface area contributed by atoms with E-state index in [0.717, 1.165) is 24.5 Å². The highest BCUT2D eigenvalue weighted by atomic mass is 15.2. The molecule has 0 aromatic heterocycles. The molecule has 1 saturated heterocycles. The second-order valence-electron chi connectivity index (χ2n) is 7.40. The Balaban J connectivity index is 1.96. The van der Waals surface area contributed by atoms with E-state index in [1.165, 1.54) is 58.0 Å². The van der Waals surface area contributed by atoms with Gasteiger partial charge in [-0.3, -0.25) is 4.90 Å². The van der Waals surface area contributed by atoms with Crippen LogP contribution in [0.2, 0.25) is 0 Å². The molecule has 1 heterocycles. The van der Waals surface area contributed by atoms with Crippen LogP contribution in [-0.4, -0.2) is 61.7 Å². The quantitative estimate of drug-likeness (QED) is 0.813. The lowest BCUT2D eigenvalue weighted by molar-refractivity contribution is 0.0533. The molecule has 1 saturated carbocycles. The van der Waals surface area contributed by atoms with Gasteiger partial charge in [-0.15, -0.1) is 0 Å². The van der Waals surface area contributed by atoms with E-state index in [2.05, 4.69) is 43.1 Å². The molecule has 3 heteroatoms. The average molecular weight is 296 g/mol. The van der Waals surface area contributed by atoms with Crippen molar-refractivity contribution in [3.63, 3.8) is 0 Å². The van der Waals surface area contributed by atoms with E-state index < -0.39 is 0 Å². The summed E-state index contributed by atoms with van der Waals surface area (Å²) in [6.45, 7) is 8.25. The summed E-state index contributed by atoms with van der Waals surface area (Å²) in [6, 6.07) is 2.27. The van der Waals surface area contributed by atoms with Crippen LogP contribution in [0.1, 0.15) is 58.8 Å². The number of hydrogen-bond acceptors (Lipinski definition) is 3. The summed E-state index contributed by atoms with van der Waals surface area (Å²) in [5, 5.41) is 3.77. The summed E-state index contributed by atoms with van der Waals surface area (Å²) in [5.41, 5.74) is 0. The van der Waals surface area contributed by atoms with Crippen molar-refractivity contribution >= 4 is 0 Å². The van der Waals surface area contributed by atoms with Crippen molar-refractivity contribution in [2.45, 2.75) is 76.9 Å². The zero-order chi connectivity index (χ0) is 15.2. The maximum atomic E-state index is 3.77. The monoisotopic (exact) mass is 295 g/mol. The highest BCUT2D eigenvalue weighted by molar-refractivity contribution is 4.93. The molecular formula is C18H37N3. The zero-order valence-corrected chi connectivity index (χ0v) is 14.8. The molecule has 0 radical (unpaired) electrons. The van der Waals surface area contributed by atoms with Crippen molar-refractivity contribution in [2.75, 3.05) is 33.7 Å². The fourth-order valence-electron chi connectivity index (χ4n) is 4.53. The largest absolute Gasteiger partial charge is 0.313 e. The summed E-state index contributed by atoms with van der Waals surface area (Å²) >= 11 is 0. The molecule has 0 amide bonds. The van der Waals surface area contributed by atoms with Gasteiger partial charge in [0.05, 0.1) is 0 Å². The summed E-state index contributed by atoms with van der Waals surface area (Å²) in [4.78, 5) is 5.23. The molecule has 3 atom stereocenters. The minimum Gasteiger partial charge on any atom is -0.313 e. The van der Waals surface area contributed by atoms with Crippen molar-refractivity contribution in [3.05, 3.63) is 0 Å². The number of likely N-dealkylation sites (tertiary alicyclic amines) is 1. The fourth-order valence-corrected chi connectivity index (χ4v) is 4.53. The Morgan fingerprint density at radius 2 is 1.81 bits per heavy atom. The molecule has 0 spiro atoms. The minimum absolute atomic E-state index is 0.716. The van der Waals surface area contributed by atoms with E-state index in [0.29, 0.717) is 6.04 Å². The average Bonchev–Trinajstić information content (AvgIpc) is 2.49. The van der Waals surface area contributed by atoms with Gasteiger partial charge in [-0.2, -0.15) is 0 Å². The molecule has 2 aliphatic rings. The van der Waals surface area contributed by atoms with Gasteiger partial charge in [-0.05, 0) is 71.8 Å². The number of likely N-dealkylation sites (N-methyl/N-ethyl adjacent to an activating group) is 2. The maximum absolute atomic E-state index is 3.77. The van der Waals surface area contributed by atoms with Crippen molar-refractivity contribution < 1.29 is 0 Å². The third kappa shape index (κ3) is 4.67. The molecule has 0 aromatic carbocycles. The molecular weight excluding hydrogens is 258 g/mol. The van der Waals surface area contributed by atoms with Crippen LogP contribution in [0.15, 0.2) is 0 Å². The van der Waals surface area contributed by atoms with Gasteiger partial charge in [0.15, 0.2) is 0 Å².